The second kappa shape index (κ2) is 3.57. The van der Waals surface area contributed by atoms with Gasteiger partial charge in [0, 0.05) is 18.8 Å². The Morgan fingerprint density at radius 2 is 2.00 bits per heavy atom. The fraction of sp³-hybridized carbons (Fsp3) is 0.417. The normalized spacial score (nSPS) is 17.2. The lowest BCUT2D eigenvalue weighted by Crippen LogP contribution is -2.29. The quantitative estimate of drug-likeness (QED) is 0.712. The van der Waals surface area contributed by atoms with E-state index in [-0.39, 0.29) is 0 Å². The number of rotatable bonds is 1. The Kier molecular flexibility index (Phi) is 2.09. The molecule has 0 aliphatic carbocycles. The average Bonchev–Trinajstić information content (AvgIpc) is 2.77. The second-order valence-electron chi connectivity index (χ2n) is 4.05. The van der Waals surface area contributed by atoms with Crippen LogP contribution in [0.4, 0.5) is 5.69 Å². The zero-order valence-corrected chi connectivity index (χ0v) is 8.65. The van der Waals surface area contributed by atoms with Gasteiger partial charge in [-0.1, -0.05) is 0 Å². The van der Waals surface area contributed by atoms with Gasteiger partial charge in [-0.25, -0.2) is 4.98 Å². The number of aromatic nitrogens is 1. The Bertz CT molecular complexity index is 457. The van der Waals surface area contributed by atoms with Gasteiger partial charge in [-0.3, -0.25) is 0 Å². The standard InChI is InChI=1S/C12H14N2O/c1-2-6-14(7-3-1)10-4-5-12-11(8-10)13-9-15-12/h4-5,8-9H,1-3,6-7H2. The highest BCUT2D eigenvalue weighted by Gasteiger charge is 2.11. The zero-order chi connectivity index (χ0) is 10.1. The molecule has 0 unspecified atom stereocenters. The van der Waals surface area contributed by atoms with E-state index in [1.54, 1.807) is 0 Å². The molecule has 0 radical (unpaired) electrons. The summed E-state index contributed by atoms with van der Waals surface area (Å²) < 4.78 is 5.23. The molecule has 1 aliphatic rings. The summed E-state index contributed by atoms with van der Waals surface area (Å²) in [5.41, 5.74) is 3.10. The van der Waals surface area contributed by atoms with E-state index in [0.717, 1.165) is 11.1 Å². The third kappa shape index (κ3) is 1.58. The molecule has 78 valence electrons. The molecule has 2 heterocycles. The number of oxazole rings is 1. The molecule has 1 aromatic carbocycles. The summed E-state index contributed by atoms with van der Waals surface area (Å²) in [5.74, 6) is 0. The van der Waals surface area contributed by atoms with Crippen molar-refractivity contribution in [3.05, 3.63) is 24.6 Å². The van der Waals surface area contributed by atoms with E-state index in [1.807, 2.05) is 6.07 Å². The van der Waals surface area contributed by atoms with Gasteiger partial charge in [0.2, 0.25) is 0 Å². The van der Waals surface area contributed by atoms with Crippen molar-refractivity contribution in [1.29, 1.82) is 0 Å². The highest BCUT2D eigenvalue weighted by atomic mass is 16.3. The van der Waals surface area contributed by atoms with E-state index in [0.29, 0.717) is 0 Å². The molecule has 0 amide bonds. The number of benzene rings is 1. The predicted molar refractivity (Wildman–Crippen MR) is 60.1 cm³/mol. The Labute approximate surface area is 88.7 Å². The van der Waals surface area contributed by atoms with Gasteiger partial charge in [-0.15, -0.1) is 0 Å². The van der Waals surface area contributed by atoms with Crippen LogP contribution >= 0.6 is 0 Å². The van der Waals surface area contributed by atoms with Gasteiger partial charge >= 0.3 is 0 Å². The highest BCUT2D eigenvalue weighted by Crippen LogP contribution is 2.23. The molecule has 3 rings (SSSR count). The maximum Gasteiger partial charge on any atom is 0.181 e. The molecule has 1 fully saturated rings. The molecule has 2 aromatic rings. The lowest BCUT2D eigenvalue weighted by molar-refractivity contribution is 0.578. The van der Waals surface area contributed by atoms with Crippen LogP contribution in [0.15, 0.2) is 29.0 Å². The third-order valence-corrected chi connectivity index (χ3v) is 3.04. The SMILES string of the molecule is c1nc2cc(N3CCCCC3)ccc2o1. The number of hydrogen-bond acceptors (Lipinski definition) is 3. The molecule has 1 aliphatic heterocycles. The molecule has 0 atom stereocenters. The minimum Gasteiger partial charge on any atom is -0.443 e. The van der Waals surface area contributed by atoms with Gasteiger partial charge in [0.15, 0.2) is 12.0 Å². The van der Waals surface area contributed by atoms with Crippen molar-refractivity contribution < 1.29 is 4.42 Å². The molecular weight excluding hydrogens is 188 g/mol. The largest absolute Gasteiger partial charge is 0.443 e. The molecule has 0 N–H and O–H groups in total. The van der Waals surface area contributed by atoms with Gasteiger partial charge < -0.3 is 9.32 Å². The first-order valence-corrected chi connectivity index (χ1v) is 5.52. The van der Waals surface area contributed by atoms with E-state index >= 15 is 0 Å². The summed E-state index contributed by atoms with van der Waals surface area (Å²) in [7, 11) is 0. The molecule has 15 heavy (non-hydrogen) atoms. The number of anilines is 1. The summed E-state index contributed by atoms with van der Waals surface area (Å²) in [5, 5.41) is 0. The average molecular weight is 202 g/mol. The first kappa shape index (κ1) is 8.77. The summed E-state index contributed by atoms with van der Waals surface area (Å²) in [6.07, 6.45) is 5.47. The van der Waals surface area contributed by atoms with Crippen LogP contribution in [0.2, 0.25) is 0 Å². The second-order valence-corrected chi connectivity index (χ2v) is 4.05. The van der Waals surface area contributed by atoms with Crippen molar-refractivity contribution in [2.75, 3.05) is 18.0 Å². The molecule has 3 nitrogen and oxygen atoms in total. The topological polar surface area (TPSA) is 29.3 Å². The monoisotopic (exact) mass is 202 g/mol. The molecule has 0 saturated carbocycles. The summed E-state index contributed by atoms with van der Waals surface area (Å²) in [4.78, 5) is 6.61. The van der Waals surface area contributed by atoms with Crippen LogP contribution in [0.5, 0.6) is 0 Å². The van der Waals surface area contributed by atoms with E-state index in [4.69, 9.17) is 4.42 Å². The minimum absolute atomic E-state index is 0.871. The predicted octanol–water partition coefficient (Wildman–Crippen LogP) is 2.82. The number of hydrogen-bond donors (Lipinski definition) is 0. The molecule has 1 saturated heterocycles. The van der Waals surface area contributed by atoms with Crippen molar-refractivity contribution in [2.24, 2.45) is 0 Å². The van der Waals surface area contributed by atoms with Crippen molar-refractivity contribution in [2.45, 2.75) is 19.3 Å². The Balaban J connectivity index is 1.95. The first-order chi connectivity index (χ1) is 7.43. The van der Waals surface area contributed by atoms with E-state index in [1.165, 1.54) is 44.4 Å². The molecule has 0 spiro atoms. The fourth-order valence-corrected chi connectivity index (χ4v) is 2.20. The highest BCUT2D eigenvalue weighted by molar-refractivity contribution is 5.77. The third-order valence-electron chi connectivity index (χ3n) is 3.04. The van der Waals surface area contributed by atoms with E-state index in [9.17, 15) is 0 Å². The maximum absolute atomic E-state index is 5.23. The number of fused-ring (bicyclic) bond motifs is 1. The van der Waals surface area contributed by atoms with Gasteiger partial charge in [0.25, 0.3) is 0 Å². The van der Waals surface area contributed by atoms with Crippen molar-refractivity contribution in [3.63, 3.8) is 0 Å². The summed E-state index contributed by atoms with van der Waals surface area (Å²) in [6, 6.07) is 6.25. The lowest BCUT2D eigenvalue weighted by Gasteiger charge is -2.28. The fourth-order valence-electron chi connectivity index (χ4n) is 2.20. The zero-order valence-electron chi connectivity index (χ0n) is 8.65. The van der Waals surface area contributed by atoms with Crippen LogP contribution in [0.1, 0.15) is 19.3 Å². The van der Waals surface area contributed by atoms with Crippen LogP contribution in [-0.2, 0) is 0 Å². The van der Waals surface area contributed by atoms with Crippen molar-refractivity contribution in [1.82, 2.24) is 4.98 Å². The van der Waals surface area contributed by atoms with Gasteiger partial charge in [0.1, 0.15) is 5.52 Å². The van der Waals surface area contributed by atoms with Crippen LogP contribution in [0, 0.1) is 0 Å². The Morgan fingerprint density at radius 1 is 1.13 bits per heavy atom. The molecular formula is C12H14N2O. The Morgan fingerprint density at radius 3 is 2.87 bits per heavy atom. The van der Waals surface area contributed by atoms with Gasteiger partial charge in [-0.05, 0) is 37.5 Å². The summed E-state index contributed by atoms with van der Waals surface area (Å²) in [6.45, 7) is 2.34. The molecule has 3 heteroatoms. The minimum atomic E-state index is 0.871. The smallest absolute Gasteiger partial charge is 0.181 e. The van der Waals surface area contributed by atoms with Gasteiger partial charge in [0.05, 0.1) is 0 Å². The van der Waals surface area contributed by atoms with Crippen LogP contribution in [-0.4, -0.2) is 18.1 Å². The number of nitrogens with zero attached hydrogens (tertiary/aromatic N) is 2. The van der Waals surface area contributed by atoms with Crippen LogP contribution in [0.25, 0.3) is 11.1 Å². The summed E-state index contributed by atoms with van der Waals surface area (Å²) >= 11 is 0. The van der Waals surface area contributed by atoms with Crippen LogP contribution in [0.3, 0.4) is 0 Å². The molecule has 1 aromatic heterocycles. The van der Waals surface area contributed by atoms with Gasteiger partial charge in [-0.2, -0.15) is 0 Å². The van der Waals surface area contributed by atoms with Crippen molar-refractivity contribution in [3.8, 4) is 0 Å². The van der Waals surface area contributed by atoms with Crippen molar-refractivity contribution >= 4 is 16.8 Å². The lowest BCUT2D eigenvalue weighted by atomic mass is 10.1. The van der Waals surface area contributed by atoms with E-state index in [2.05, 4.69) is 22.0 Å². The first-order valence-electron chi connectivity index (χ1n) is 5.52. The molecule has 0 bridgehead atoms. The Hall–Kier alpha value is -1.51. The maximum atomic E-state index is 5.23. The van der Waals surface area contributed by atoms with Crippen LogP contribution < -0.4 is 4.90 Å². The van der Waals surface area contributed by atoms with E-state index < -0.39 is 0 Å². The number of piperidine rings is 1.